The summed E-state index contributed by atoms with van der Waals surface area (Å²) in [5.74, 6) is 1.73. The maximum atomic E-state index is 10.6. The first kappa shape index (κ1) is 19.7. The molecule has 3 N–H and O–H groups in total. The van der Waals surface area contributed by atoms with Gasteiger partial charge in [0.1, 0.15) is 29.3 Å². The number of rotatable bonds is 6. The van der Waals surface area contributed by atoms with Crippen LogP contribution in [0.4, 0.5) is 5.82 Å². The number of thioether (sulfide) groups is 1. The molecule has 0 aromatic carbocycles. The number of imidazole rings is 1. The van der Waals surface area contributed by atoms with E-state index in [-0.39, 0.29) is 6.04 Å². The monoisotopic (exact) mass is 434 g/mol. The number of nitrogens with one attached hydrogen (secondary N) is 1. The summed E-state index contributed by atoms with van der Waals surface area (Å²) in [4.78, 5) is 13.0. The van der Waals surface area contributed by atoms with Crippen molar-refractivity contribution >= 4 is 28.7 Å². The van der Waals surface area contributed by atoms with E-state index < -0.39 is 24.5 Å². The zero-order valence-corrected chi connectivity index (χ0v) is 17.0. The molecule has 2 aliphatic rings. The lowest BCUT2D eigenvalue weighted by molar-refractivity contribution is -0.0289. The molecule has 0 radical (unpaired) electrons. The summed E-state index contributed by atoms with van der Waals surface area (Å²) in [6.07, 6.45) is 0.313. The molecular weight excluding hydrogens is 412 g/mol. The number of aliphatic hydroxyl groups is 2. The van der Waals surface area contributed by atoms with E-state index in [2.05, 4.69) is 25.4 Å². The van der Waals surface area contributed by atoms with Gasteiger partial charge in [-0.2, -0.15) is 0 Å². The van der Waals surface area contributed by atoms with Crippen molar-refractivity contribution in [3.63, 3.8) is 0 Å². The second-order valence-electron chi connectivity index (χ2n) is 7.38. The van der Waals surface area contributed by atoms with E-state index >= 15 is 0 Å². The predicted octanol–water partition coefficient (Wildman–Crippen LogP) is 0.735. The van der Waals surface area contributed by atoms with Crippen molar-refractivity contribution in [1.82, 2.24) is 24.7 Å². The Bertz CT molecular complexity index is 1020. The molecule has 5 heterocycles. The summed E-state index contributed by atoms with van der Waals surface area (Å²) in [6, 6.07) is 1.98. The summed E-state index contributed by atoms with van der Waals surface area (Å²) in [6.45, 7) is 3.15. The molecule has 12 heteroatoms. The minimum atomic E-state index is -1.12. The van der Waals surface area contributed by atoms with Crippen LogP contribution in [-0.4, -0.2) is 78.2 Å². The van der Waals surface area contributed by atoms with Crippen LogP contribution in [0.2, 0.25) is 0 Å². The van der Waals surface area contributed by atoms with E-state index in [1.807, 2.05) is 13.0 Å². The molecule has 0 spiro atoms. The van der Waals surface area contributed by atoms with Crippen LogP contribution in [0.5, 0.6) is 0 Å². The van der Waals surface area contributed by atoms with Gasteiger partial charge in [-0.1, -0.05) is 5.16 Å². The van der Waals surface area contributed by atoms with Crippen LogP contribution in [0.15, 0.2) is 28.3 Å². The summed E-state index contributed by atoms with van der Waals surface area (Å²) >= 11 is 1.39. The zero-order chi connectivity index (χ0) is 20.7. The van der Waals surface area contributed by atoms with Crippen LogP contribution < -0.4 is 5.32 Å². The Hall–Kier alpha value is -2.25. The Labute approximate surface area is 175 Å². The van der Waals surface area contributed by atoms with Gasteiger partial charge in [0, 0.05) is 18.4 Å². The van der Waals surface area contributed by atoms with Crippen LogP contribution >= 0.6 is 11.8 Å². The lowest BCUT2D eigenvalue weighted by Gasteiger charge is -2.17. The molecule has 2 aliphatic heterocycles. The lowest BCUT2D eigenvalue weighted by atomic mass is 10.1. The average Bonchev–Trinajstić information content (AvgIpc) is 3.52. The number of hydrogen-bond acceptors (Lipinski definition) is 11. The van der Waals surface area contributed by atoms with Gasteiger partial charge in [0.25, 0.3) is 0 Å². The van der Waals surface area contributed by atoms with E-state index in [0.717, 1.165) is 6.42 Å². The predicted molar refractivity (Wildman–Crippen MR) is 106 cm³/mol. The number of nitrogens with zero attached hydrogens (tertiary/aromatic N) is 5. The molecule has 2 fully saturated rings. The molecular formula is C18H22N6O5S. The Morgan fingerprint density at radius 3 is 2.93 bits per heavy atom. The van der Waals surface area contributed by atoms with E-state index in [4.69, 9.17) is 14.0 Å². The molecule has 5 rings (SSSR count). The molecule has 30 heavy (non-hydrogen) atoms. The highest BCUT2D eigenvalue weighted by atomic mass is 32.2. The van der Waals surface area contributed by atoms with E-state index in [9.17, 15) is 10.2 Å². The summed E-state index contributed by atoms with van der Waals surface area (Å²) in [5, 5.41) is 29.1. The van der Waals surface area contributed by atoms with E-state index in [0.29, 0.717) is 46.7 Å². The smallest absolute Gasteiger partial charge is 0.167 e. The van der Waals surface area contributed by atoms with Crippen LogP contribution in [0.25, 0.3) is 11.2 Å². The first-order valence-electron chi connectivity index (χ1n) is 9.69. The Morgan fingerprint density at radius 1 is 1.27 bits per heavy atom. The number of anilines is 1. The first-order chi connectivity index (χ1) is 14.6. The second kappa shape index (κ2) is 8.12. The third-order valence-corrected chi connectivity index (χ3v) is 6.23. The number of aryl methyl sites for hydroxylation is 1. The number of aliphatic hydroxyl groups excluding tert-OH is 2. The van der Waals surface area contributed by atoms with Gasteiger partial charge in [-0.25, -0.2) is 15.0 Å². The van der Waals surface area contributed by atoms with Crippen LogP contribution in [-0.2, 0) is 9.47 Å². The highest BCUT2D eigenvalue weighted by molar-refractivity contribution is 7.99. The second-order valence-corrected chi connectivity index (χ2v) is 8.42. The number of ether oxygens (including phenoxy) is 2. The minimum absolute atomic E-state index is 0.171. The van der Waals surface area contributed by atoms with Gasteiger partial charge in [-0.05, 0) is 13.3 Å². The van der Waals surface area contributed by atoms with Crippen LogP contribution in [0.3, 0.4) is 0 Å². The van der Waals surface area contributed by atoms with Crippen molar-refractivity contribution in [1.29, 1.82) is 0 Å². The number of fused-ring (bicyclic) bond motifs is 1. The molecule has 0 saturated carbocycles. The zero-order valence-electron chi connectivity index (χ0n) is 16.2. The molecule has 160 valence electrons. The third kappa shape index (κ3) is 3.65. The standard InChI is InChI=1S/C18H22N6O5S/c1-9-4-12(23-29-9)30-6-11-14(25)15(26)18(28-11)24-8-21-13-16(19-7-20-17(13)24)22-10-2-3-27-5-10/h4,7-8,10-11,14-15,18,25-26H,2-3,5-6H2,1H3,(H,19,20,22)/t10?,11-,14+,15?,18?/m0/s1. The van der Waals surface area contributed by atoms with E-state index in [1.54, 1.807) is 10.9 Å². The third-order valence-electron chi connectivity index (χ3n) is 5.24. The van der Waals surface area contributed by atoms with Gasteiger partial charge in [0.2, 0.25) is 0 Å². The maximum Gasteiger partial charge on any atom is 0.167 e. The molecule has 5 atom stereocenters. The lowest BCUT2D eigenvalue weighted by Crippen LogP contribution is -2.32. The van der Waals surface area contributed by atoms with Gasteiger partial charge in [0.15, 0.2) is 23.2 Å². The number of hydrogen-bond donors (Lipinski definition) is 3. The largest absolute Gasteiger partial charge is 0.387 e. The van der Waals surface area contributed by atoms with Crippen LogP contribution in [0.1, 0.15) is 18.4 Å². The molecule has 0 amide bonds. The molecule has 11 nitrogen and oxygen atoms in total. The fraction of sp³-hybridized carbons (Fsp3) is 0.556. The minimum Gasteiger partial charge on any atom is -0.387 e. The number of aromatic nitrogens is 5. The SMILES string of the molecule is Cc1cc(SC[C@@H]2OC(n3cnc4c(NC5CCOC5)ncnc43)C(O)[C@@H]2O)no1. The highest BCUT2D eigenvalue weighted by Crippen LogP contribution is 2.34. The molecule has 0 aliphatic carbocycles. The quantitative estimate of drug-likeness (QED) is 0.473. The average molecular weight is 434 g/mol. The topological polar surface area (TPSA) is 141 Å². The van der Waals surface area contributed by atoms with Crippen molar-refractivity contribution < 1.29 is 24.2 Å². The fourth-order valence-corrected chi connectivity index (χ4v) is 4.61. The van der Waals surface area contributed by atoms with Crippen molar-refractivity contribution in [3.05, 3.63) is 24.5 Å². The highest BCUT2D eigenvalue weighted by Gasteiger charge is 2.44. The molecule has 3 aromatic rings. The van der Waals surface area contributed by atoms with Crippen molar-refractivity contribution in [2.24, 2.45) is 0 Å². The van der Waals surface area contributed by atoms with Gasteiger partial charge in [0.05, 0.1) is 25.1 Å². The summed E-state index contributed by atoms with van der Waals surface area (Å²) < 4.78 is 18.1. The summed E-state index contributed by atoms with van der Waals surface area (Å²) in [7, 11) is 0. The Balaban J connectivity index is 1.34. The van der Waals surface area contributed by atoms with E-state index in [1.165, 1.54) is 18.1 Å². The first-order valence-corrected chi connectivity index (χ1v) is 10.7. The Kier molecular flexibility index (Phi) is 5.33. The fourth-order valence-electron chi connectivity index (χ4n) is 3.66. The van der Waals surface area contributed by atoms with Gasteiger partial charge < -0.3 is 29.5 Å². The molecule has 0 bridgehead atoms. The van der Waals surface area contributed by atoms with Gasteiger partial charge >= 0.3 is 0 Å². The molecule has 2 saturated heterocycles. The van der Waals surface area contributed by atoms with Crippen LogP contribution in [0, 0.1) is 6.92 Å². The van der Waals surface area contributed by atoms with Crippen molar-refractivity contribution in [2.45, 2.75) is 49.0 Å². The van der Waals surface area contributed by atoms with Gasteiger partial charge in [-0.15, -0.1) is 11.8 Å². The van der Waals surface area contributed by atoms with Gasteiger partial charge in [-0.3, -0.25) is 4.57 Å². The van der Waals surface area contributed by atoms with Crippen molar-refractivity contribution in [2.75, 3.05) is 24.3 Å². The summed E-state index contributed by atoms with van der Waals surface area (Å²) in [5.41, 5.74) is 1.09. The van der Waals surface area contributed by atoms with Crippen molar-refractivity contribution in [3.8, 4) is 0 Å². The molecule has 3 aromatic heterocycles. The normalized spacial score (nSPS) is 29.1. The molecule has 3 unspecified atom stereocenters. The Morgan fingerprint density at radius 2 is 2.17 bits per heavy atom. The maximum absolute atomic E-state index is 10.6.